The van der Waals surface area contributed by atoms with Gasteiger partial charge in [0.1, 0.15) is 6.61 Å². The minimum atomic E-state index is -5.75. The average Bonchev–Trinajstić information content (AvgIpc) is 1.81. The SMILES string of the molecule is [O]CCOC(F)(F)C(F)(F)F. The second kappa shape index (κ2) is 3.31. The van der Waals surface area contributed by atoms with Crippen LogP contribution < -0.4 is 0 Å². The van der Waals surface area contributed by atoms with E-state index in [0.29, 0.717) is 0 Å². The fraction of sp³-hybridized carbons (Fsp3) is 1.00. The lowest BCUT2D eigenvalue weighted by Gasteiger charge is -2.18. The van der Waals surface area contributed by atoms with E-state index in [-0.39, 0.29) is 0 Å². The number of hydrogen-bond acceptors (Lipinski definition) is 1. The Morgan fingerprint density at radius 3 is 1.82 bits per heavy atom. The first-order chi connectivity index (χ1) is 4.81. The lowest BCUT2D eigenvalue weighted by atomic mass is 10.6. The molecular formula is C4H4F5O2. The number of alkyl halides is 5. The van der Waals surface area contributed by atoms with E-state index >= 15 is 0 Å². The zero-order valence-corrected chi connectivity index (χ0v) is 5.12. The van der Waals surface area contributed by atoms with E-state index in [9.17, 15) is 27.1 Å². The molecule has 1 radical (unpaired) electrons. The molecule has 0 rings (SSSR count). The van der Waals surface area contributed by atoms with Crippen LogP contribution in [0.3, 0.4) is 0 Å². The molecule has 0 spiro atoms. The van der Waals surface area contributed by atoms with E-state index in [1.807, 2.05) is 0 Å². The molecule has 0 aromatic carbocycles. The standard InChI is InChI=1S/C4H4F5O2/c5-3(6,7)4(8,9)11-2-1-10/h1-2H2. The van der Waals surface area contributed by atoms with E-state index in [4.69, 9.17) is 0 Å². The van der Waals surface area contributed by atoms with Gasteiger partial charge in [0.15, 0.2) is 0 Å². The van der Waals surface area contributed by atoms with Gasteiger partial charge in [0.05, 0.1) is 6.61 Å². The number of ether oxygens (including phenoxy) is 1. The maximum absolute atomic E-state index is 11.6. The summed E-state index contributed by atoms with van der Waals surface area (Å²) in [7, 11) is 0. The zero-order chi connectivity index (χ0) is 9.12. The van der Waals surface area contributed by atoms with Crippen molar-refractivity contribution < 1.29 is 31.8 Å². The Kier molecular flexibility index (Phi) is 3.18. The summed E-state index contributed by atoms with van der Waals surface area (Å²) in [5.41, 5.74) is 0. The molecule has 11 heavy (non-hydrogen) atoms. The molecule has 7 heteroatoms. The molecule has 0 aliphatic rings. The topological polar surface area (TPSA) is 29.1 Å². The summed E-state index contributed by atoms with van der Waals surface area (Å²) in [6.07, 6.45) is -11.0. The van der Waals surface area contributed by atoms with E-state index in [1.165, 1.54) is 0 Å². The monoisotopic (exact) mass is 179 g/mol. The Bertz CT molecular complexity index is 120. The van der Waals surface area contributed by atoms with Gasteiger partial charge in [-0.1, -0.05) is 0 Å². The van der Waals surface area contributed by atoms with Gasteiger partial charge in [-0.15, -0.1) is 0 Å². The first kappa shape index (κ1) is 10.6. The molecule has 2 nitrogen and oxygen atoms in total. The second-order valence-corrected chi connectivity index (χ2v) is 1.57. The third kappa shape index (κ3) is 2.98. The number of rotatable bonds is 3. The molecule has 0 N–H and O–H groups in total. The first-order valence-corrected chi connectivity index (χ1v) is 2.48. The largest absolute Gasteiger partial charge is 0.482 e. The van der Waals surface area contributed by atoms with Crippen molar-refractivity contribution in [1.29, 1.82) is 0 Å². The summed E-state index contributed by atoms with van der Waals surface area (Å²) in [6, 6.07) is 0. The van der Waals surface area contributed by atoms with E-state index in [1.54, 1.807) is 0 Å². The molecule has 0 aliphatic heterocycles. The Hall–Kier alpha value is -0.430. The molecule has 0 amide bonds. The van der Waals surface area contributed by atoms with E-state index in [2.05, 4.69) is 4.74 Å². The molecule has 0 aromatic rings. The van der Waals surface area contributed by atoms with Crippen LogP contribution in [0.1, 0.15) is 0 Å². The highest BCUT2D eigenvalue weighted by molar-refractivity contribution is 4.63. The molecule has 0 saturated heterocycles. The predicted octanol–water partition coefficient (Wildman–Crippen LogP) is 1.59. The van der Waals surface area contributed by atoms with Crippen molar-refractivity contribution in [2.45, 2.75) is 12.3 Å². The summed E-state index contributed by atoms with van der Waals surface area (Å²) in [5, 5.41) is 9.48. The van der Waals surface area contributed by atoms with Gasteiger partial charge in [0, 0.05) is 0 Å². The van der Waals surface area contributed by atoms with Crippen molar-refractivity contribution in [3.8, 4) is 0 Å². The third-order valence-electron chi connectivity index (χ3n) is 0.697. The zero-order valence-electron chi connectivity index (χ0n) is 5.12. The second-order valence-electron chi connectivity index (χ2n) is 1.57. The molecule has 0 heterocycles. The molecular weight excluding hydrogens is 175 g/mol. The van der Waals surface area contributed by atoms with Gasteiger partial charge in [0.25, 0.3) is 0 Å². The van der Waals surface area contributed by atoms with Gasteiger partial charge in [-0.05, 0) is 0 Å². The van der Waals surface area contributed by atoms with Crippen LogP contribution in [0.25, 0.3) is 0 Å². The minimum Gasteiger partial charge on any atom is -0.311 e. The van der Waals surface area contributed by atoms with Crippen molar-refractivity contribution in [3.05, 3.63) is 0 Å². The van der Waals surface area contributed by atoms with Crippen LogP contribution in [0.4, 0.5) is 22.0 Å². The Labute approximate surface area is 58.6 Å². The van der Waals surface area contributed by atoms with Gasteiger partial charge in [-0.2, -0.15) is 22.0 Å². The molecule has 0 fully saturated rings. The number of hydrogen-bond donors (Lipinski definition) is 0. The minimum absolute atomic E-state index is 1.13. The van der Waals surface area contributed by atoms with Gasteiger partial charge in [-0.25, -0.2) is 5.11 Å². The highest BCUT2D eigenvalue weighted by Gasteiger charge is 2.59. The van der Waals surface area contributed by atoms with Crippen LogP contribution in [0.15, 0.2) is 0 Å². The molecule has 0 saturated carbocycles. The van der Waals surface area contributed by atoms with Crippen molar-refractivity contribution in [1.82, 2.24) is 0 Å². The van der Waals surface area contributed by atoms with Crippen LogP contribution in [-0.4, -0.2) is 25.5 Å². The van der Waals surface area contributed by atoms with Gasteiger partial charge < -0.3 is 4.74 Å². The van der Waals surface area contributed by atoms with Crippen molar-refractivity contribution in [3.63, 3.8) is 0 Å². The van der Waals surface area contributed by atoms with Crippen LogP contribution >= 0.6 is 0 Å². The van der Waals surface area contributed by atoms with Crippen LogP contribution in [-0.2, 0) is 9.84 Å². The molecule has 0 aromatic heterocycles. The molecule has 0 bridgehead atoms. The highest BCUT2D eigenvalue weighted by Crippen LogP contribution is 2.35. The van der Waals surface area contributed by atoms with Gasteiger partial charge in [0.2, 0.25) is 0 Å². The van der Waals surface area contributed by atoms with Crippen LogP contribution in [0.2, 0.25) is 0 Å². The molecule has 67 valence electrons. The smallest absolute Gasteiger partial charge is 0.311 e. The van der Waals surface area contributed by atoms with Crippen LogP contribution in [0.5, 0.6) is 0 Å². The summed E-state index contributed by atoms with van der Waals surface area (Å²) in [4.78, 5) is 0. The maximum Gasteiger partial charge on any atom is 0.482 e. The van der Waals surface area contributed by atoms with Crippen molar-refractivity contribution >= 4 is 0 Å². The summed E-state index contributed by atoms with van der Waals surface area (Å²) in [6.45, 7) is -2.29. The summed E-state index contributed by atoms with van der Waals surface area (Å²) in [5.74, 6) is 0. The number of halogens is 5. The third-order valence-corrected chi connectivity index (χ3v) is 0.697. The summed E-state index contributed by atoms with van der Waals surface area (Å²) < 4.78 is 59.8. The van der Waals surface area contributed by atoms with Gasteiger partial charge in [-0.3, -0.25) is 0 Å². The average molecular weight is 179 g/mol. The maximum atomic E-state index is 11.6. The van der Waals surface area contributed by atoms with Crippen molar-refractivity contribution in [2.75, 3.05) is 13.2 Å². The fourth-order valence-corrected chi connectivity index (χ4v) is 0.252. The Morgan fingerprint density at radius 2 is 1.55 bits per heavy atom. The van der Waals surface area contributed by atoms with Crippen molar-refractivity contribution in [2.24, 2.45) is 0 Å². The predicted molar refractivity (Wildman–Crippen MR) is 22.5 cm³/mol. The lowest BCUT2D eigenvalue weighted by molar-refractivity contribution is -0.392. The molecule has 0 atom stereocenters. The van der Waals surface area contributed by atoms with Gasteiger partial charge >= 0.3 is 12.3 Å². The fourth-order valence-electron chi connectivity index (χ4n) is 0.252. The normalized spacial score (nSPS) is 13.6. The quantitative estimate of drug-likeness (QED) is 0.604. The Balaban J connectivity index is 4.00. The summed E-state index contributed by atoms with van der Waals surface area (Å²) >= 11 is 0. The van der Waals surface area contributed by atoms with E-state index in [0.717, 1.165) is 0 Å². The highest BCUT2D eigenvalue weighted by atomic mass is 19.4. The Morgan fingerprint density at radius 1 is 1.09 bits per heavy atom. The molecule has 0 unspecified atom stereocenters. The van der Waals surface area contributed by atoms with E-state index < -0.39 is 25.5 Å². The lowest BCUT2D eigenvalue weighted by Crippen LogP contribution is -2.39. The van der Waals surface area contributed by atoms with Crippen LogP contribution in [0, 0.1) is 0 Å². The first-order valence-electron chi connectivity index (χ1n) is 2.48. The molecule has 0 aliphatic carbocycles.